The molecule has 0 spiro atoms. The van der Waals surface area contributed by atoms with Crippen molar-refractivity contribution in [3.63, 3.8) is 0 Å². The number of rotatable bonds is 6. The summed E-state index contributed by atoms with van der Waals surface area (Å²) < 4.78 is 25.8. The number of hydrogen-bond donors (Lipinski definition) is 2. The van der Waals surface area contributed by atoms with Gasteiger partial charge in [0.05, 0.1) is 12.4 Å². The number of aliphatic hydroxyl groups excluding tert-OH is 1. The Kier molecular flexibility index (Phi) is 3.84. The standard InChI is InChI=1S/C10H20N2O3S/c13-7-6-12(10-3-4-10)16(14,15)8-9-2-1-5-11-9/h9-11,13H,1-8H2. The molecule has 1 saturated heterocycles. The molecule has 6 heteroatoms. The van der Waals surface area contributed by atoms with Crippen molar-refractivity contribution in [2.75, 3.05) is 25.4 Å². The maximum Gasteiger partial charge on any atom is 0.215 e. The highest BCUT2D eigenvalue weighted by Crippen LogP contribution is 2.29. The van der Waals surface area contributed by atoms with Gasteiger partial charge in [-0.1, -0.05) is 0 Å². The molecular formula is C10H20N2O3S. The summed E-state index contributed by atoms with van der Waals surface area (Å²) in [6, 6.07) is 0.253. The van der Waals surface area contributed by atoms with Crippen LogP contribution in [-0.2, 0) is 10.0 Å². The minimum absolute atomic E-state index is 0.0895. The fourth-order valence-corrected chi connectivity index (χ4v) is 4.27. The lowest BCUT2D eigenvalue weighted by atomic mass is 10.3. The van der Waals surface area contributed by atoms with Crippen LogP contribution in [-0.4, -0.2) is 55.4 Å². The normalized spacial score (nSPS) is 26.5. The van der Waals surface area contributed by atoms with Crippen molar-refractivity contribution in [1.29, 1.82) is 0 Å². The van der Waals surface area contributed by atoms with Crippen molar-refractivity contribution in [1.82, 2.24) is 9.62 Å². The molecule has 2 fully saturated rings. The number of hydrogen-bond acceptors (Lipinski definition) is 4. The predicted octanol–water partition coefficient (Wildman–Crippen LogP) is -0.475. The summed E-state index contributed by atoms with van der Waals surface area (Å²) >= 11 is 0. The summed E-state index contributed by atoms with van der Waals surface area (Å²) in [5.74, 6) is 0.184. The molecule has 0 aromatic heterocycles. The van der Waals surface area contributed by atoms with Gasteiger partial charge in [0, 0.05) is 18.6 Å². The fourth-order valence-electron chi connectivity index (χ4n) is 2.26. The Morgan fingerprint density at radius 3 is 2.56 bits per heavy atom. The second-order valence-corrected chi connectivity index (χ2v) is 6.60. The third-order valence-corrected chi connectivity index (χ3v) is 5.22. The van der Waals surface area contributed by atoms with Crippen LogP contribution in [0.15, 0.2) is 0 Å². The minimum Gasteiger partial charge on any atom is -0.395 e. The van der Waals surface area contributed by atoms with Crippen LogP contribution in [0.4, 0.5) is 0 Å². The van der Waals surface area contributed by atoms with Crippen LogP contribution in [0.5, 0.6) is 0 Å². The van der Waals surface area contributed by atoms with Crippen molar-refractivity contribution in [2.24, 2.45) is 0 Å². The van der Waals surface area contributed by atoms with Gasteiger partial charge >= 0.3 is 0 Å². The van der Waals surface area contributed by atoms with E-state index in [1.807, 2.05) is 0 Å². The van der Waals surface area contributed by atoms with Gasteiger partial charge in [0.2, 0.25) is 10.0 Å². The van der Waals surface area contributed by atoms with E-state index in [4.69, 9.17) is 5.11 Å². The number of aliphatic hydroxyl groups is 1. The lowest BCUT2D eigenvalue weighted by molar-refractivity contribution is 0.250. The van der Waals surface area contributed by atoms with E-state index in [-0.39, 0.29) is 31.0 Å². The molecule has 2 rings (SSSR count). The molecule has 1 aliphatic carbocycles. The topological polar surface area (TPSA) is 69.6 Å². The Bertz CT molecular complexity index is 321. The van der Waals surface area contributed by atoms with Crippen molar-refractivity contribution >= 4 is 10.0 Å². The Morgan fingerprint density at radius 2 is 2.06 bits per heavy atom. The van der Waals surface area contributed by atoms with E-state index in [1.54, 1.807) is 0 Å². The lowest BCUT2D eigenvalue weighted by Gasteiger charge is -2.22. The molecule has 1 aliphatic heterocycles. The van der Waals surface area contributed by atoms with Gasteiger partial charge < -0.3 is 10.4 Å². The zero-order valence-electron chi connectivity index (χ0n) is 9.43. The first-order valence-electron chi connectivity index (χ1n) is 5.97. The monoisotopic (exact) mass is 248 g/mol. The highest BCUT2D eigenvalue weighted by Gasteiger charge is 2.37. The number of nitrogens with one attached hydrogen (secondary N) is 1. The molecule has 1 unspecified atom stereocenters. The second kappa shape index (κ2) is 5.00. The van der Waals surface area contributed by atoms with Crippen molar-refractivity contribution in [2.45, 2.75) is 37.8 Å². The van der Waals surface area contributed by atoms with Crippen molar-refractivity contribution in [3.05, 3.63) is 0 Å². The van der Waals surface area contributed by atoms with Crippen LogP contribution >= 0.6 is 0 Å². The van der Waals surface area contributed by atoms with E-state index in [1.165, 1.54) is 4.31 Å². The van der Waals surface area contributed by atoms with Gasteiger partial charge in [0.25, 0.3) is 0 Å². The molecule has 2 N–H and O–H groups in total. The van der Waals surface area contributed by atoms with Crippen LogP contribution in [0.25, 0.3) is 0 Å². The largest absolute Gasteiger partial charge is 0.395 e. The van der Waals surface area contributed by atoms with Gasteiger partial charge in [-0.05, 0) is 32.2 Å². The zero-order valence-corrected chi connectivity index (χ0v) is 10.2. The molecule has 2 aliphatic rings. The van der Waals surface area contributed by atoms with Gasteiger partial charge in [0.1, 0.15) is 0 Å². The maximum atomic E-state index is 12.1. The quantitative estimate of drug-likeness (QED) is 0.666. The third-order valence-electron chi connectivity index (χ3n) is 3.21. The van der Waals surface area contributed by atoms with E-state index in [0.717, 1.165) is 32.2 Å². The summed E-state index contributed by atoms with van der Waals surface area (Å²) in [5, 5.41) is 12.1. The molecule has 1 atom stereocenters. The van der Waals surface area contributed by atoms with Gasteiger partial charge in [-0.3, -0.25) is 0 Å². The molecule has 0 bridgehead atoms. The first-order chi connectivity index (χ1) is 7.63. The smallest absolute Gasteiger partial charge is 0.215 e. The summed E-state index contributed by atoms with van der Waals surface area (Å²) in [4.78, 5) is 0. The van der Waals surface area contributed by atoms with Gasteiger partial charge in [0.15, 0.2) is 0 Å². The molecule has 16 heavy (non-hydrogen) atoms. The van der Waals surface area contributed by atoms with Crippen LogP contribution in [0, 0.1) is 0 Å². The van der Waals surface area contributed by atoms with E-state index in [0.29, 0.717) is 0 Å². The molecule has 0 amide bonds. The third kappa shape index (κ3) is 2.94. The van der Waals surface area contributed by atoms with Gasteiger partial charge in [-0.25, -0.2) is 8.42 Å². The molecule has 0 aromatic rings. The van der Waals surface area contributed by atoms with Crippen LogP contribution in [0.3, 0.4) is 0 Å². The predicted molar refractivity (Wildman–Crippen MR) is 61.6 cm³/mol. The molecule has 0 radical (unpaired) electrons. The van der Waals surface area contributed by atoms with E-state index in [9.17, 15) is 8.42 Å². The average molecular weight is 248 g/mol. The van der Waals surface area contributed by atoms with Crippen LogP contribution in [0.1, 0.15) is 25.7 Å². The minimum atomic E-state index is -3.19. The Morgan fingerprint density at radius 1 is 1.31 bits per heavy atom. The maximum absolute atomic E-state index is 12.1. The number of sulfonamides is 1. The molecule has 0 aromatic carbocycles. The molecule has 1 saturated carbocycles. The fraction of sp³-hybridized carbons (Fsp3) is 1.00. The highest BCUT2D eigenvalue weighted by atomic mass is 32.2. The van der Waals surface area contributed by atoms with Crippen LogP contribution < -0.4 is 5.32 Å². The van der Waals surface area contributed by atoms with Crippen molar-refractivity contribution in [3.8, 4) is 0 Å². The molecule has 1 heterocycles. The molecule has 94 valence electrons. The Labute approximate surface area is 96.9 Å². The first-order valence-corrected chi connectivity index (χ1v) is 7.58. The van der Waals surface area contributed by atoms with Gasteiger partial charge in [-0.2, -0.15) is 4.31 Å². The molecular weight excluding hydrogens is 228 g/mol. The Hall–Kier alpha value is -0.170. The second-order valence-electron chi connectivity index (χ2n) is 4.64. The average Bonchev–Trinajstić information content (AvgIpc) is 2.93. The summed E-state index contributed by atoms with van der Waals surface area (Å²) in [6.07, 6.45) is 3.88. The highest BCUT2D eigenvalue weighted by molar-refractivity contribution is 7.89. The number of nitrogens with zero attached hydrogens (tertiary/aromatic N) is 1. The van der Waals surface area contributed by atoms with Crippen LogP contribution in [0.2, 0.25) is 0 Å². The lowest BCUT2D eigenvalue weighted by Crippen LogP contribution is -2.42. The summed E-state index contributed by atoms with van der Waals surface area (Å²) in [7, 11) is -3.19. The van der Waals surface area contributed by atoms with Gasteiger partial charge in [-0.15, -0.1) is 0 Å². The zero-order chi connectivity index (χ0) is 11.6. The summed E-state index contributed by atoms with van der Waals surface area (Å²) in [6.45, 7) is 1.08. The Balaban J connectivity index is 1.97. The summed E-state index contributed by atoms with van der Waals surface area (Å²) in [5.41, 5.74) is 0. The van der Waals surface area contributed by atoms with E-state index < -0.39 is 10.0 Å². The van der Waals surface area contributed by atoms with E-state index in [2.05, 4.69) is 5.32 Å². The SMILES string of the molecule is O=S(=O)(CC1CCCN1)N(CCO)C1CC1. The first kappa shape index (κ1) is 12.3. The molecule has 5 nitrogen and oxygen atoms in total. The van der Waals surface area contributed by atoms with E-state index >= 15 is 0 Å². The van der Waals surface area contributed by atoms with Crippen molar-refractivity contribution < 1.29 is 13.5 Å².